The van der Waals surface area contributed by atoms with Gasteiger partial charge in [0.25, 0.3) is 11.8 Å². The third-order valence-electron chi connectivity index (χ3n) is 5.64. The molecule has 0 aliphatic rings. The molecule has 0 aliphatic carbocycles. The molecule has 0 aliphatic heterocycles. The van der Waals surface area contributed by atoms with Crippen molar-refractivity contribution in [3.63, 3.8) is 0 Å². The van der Waals surface area contributed by atoms with E-state index in [1.807, 2.05) is 0 Å². The average molecular weight is 592 g/mol. The number of methoxy groups -OCH3 is 2. The van der Waals surface area contributed by atoms with Gasteiger partial charge in [0.05, 0.1) is 31.6 Å². The highest BCUT2D eigenvalue weighted by Crippen LogP contribution is 2.29. The van der Waals surface area contributed by atoms with Crippen molar-refractivity contribution >= 4 is 52.9 Å². The van der Waals surface area contributed by atoms with Crippen molar-refractivity contribution in [3.05, 3.63) is 117 Å². The van der Waals surface area contributed by atoms with Crippen molar-refractivity contribution < 1.29 is 28.6 Å². The Kier molecular flexibility index (Phi) is 9.57. The summed E-state index contributed by atoms with van der Waals surface area (Å²) < 4.78 is 16.0. The van der Waals surface area contributed by atoms with Gasteiger partial charge in [-0.3, -0.25) is 9.59 Å². The summed E-state index contributed by atoms with van der Waals surface area (Å²) in [7, 11) is 2.89. The van der Waals surface area contributed by atoms with Gasteiger partial charge in [0.2, 0.25) is 0 Å². The van der Waals surface area contributed by atoms with Crippen LogP contribution in [0.3, 0.4) is 0 Å². The molecule has 0 saturated carbocycles. The Morgan fingerprint density at radius 1 is 0.732 bits per heavy atom. The van der Waals surface area contributed by atoms with E-state index in [-0.39, 0.29) is 16.9 Å². The maximum Gasteiger partial charge on any atom is 0.343 e. The zero-order valence-corrected chi connectivity index (χ0v) is 23.3. The van der Waals surface area contributed by atoms with Gasteiger partial charge in [0.1, 0.15) is 5.75 Å². The molecule has 41 heavy (non-hydrogen) atoms. The van der Waals surface area contributed by atoms with Gasteiger partial charge in [-0.25, -0.2) is 10.2 Å². The van der Waals surface area contributed by atoms with Crippen molar-refractivity contribution in [1.82, 2.24) is 5.43 Å². The predicted octanol–water partition coefficient (Wildman–Crippen LogP) is 6.25. The molecule has 0 aromatic heterocycles. The lowest BCUT2D eigenvalue weighted by Crippen LogP contribution is -2.18. The quantitative estimate of drug-likeness (QED) is 0.103. The third-order valence-corrected chi connectivity index (χ3v) is 6.13. The fraction of sp³-hybridized carbons (Fsp3) is 0.0667. The van der Waals surface area contributed by atoms with Gasteiger partial charge >= 0.3 is 5.97 Å². The first-order valence-corrected chi connectivity index (χ1v) is 12.8. The number of ether oxygens (including phenoxy) is 3. The smallest absolute Gasteiger partial charge is 0.343 e. The van der Waals surface area contributed by atoms with E-state index >= 15 is 0 Å². The van der Waals surface area contributed by atoms with Gasteiger partial charge in [-0.05, 0) is 84.4 Å². The molecule has 4 rings (SSSR count). The van der Waals surface area contributed by atoms with Crippen LogP contribution in [0.5, 0.6) is 17.2 Å². The van der Waals surface area contributed by atoms with E-state index in [1.165, 1.54) is 32.6 Å². The second-order valence-electron chi connectivity index (χ2n) is 8.39. The molecule has 0 atom stereocenters. The molecule has 9 nitrogen and oxygen atoms in total. The number of benzene rings is 4. The molecule has 0 bridgehead atoms. The fourth-order valence-corrected chi connectivity index (χ4v) is 3.92. The van der Waals surface area contributed by atoms with Crippen LogP contribution >= 0.6 is 23.2 Å². The Hall–Kier alpha value is -4.86. The molecule has 208 valence electrons. The molecule has 11 heteroatoms. The maximum absolute atomic E-state index is 12.8. The summed E-state index contributed by atoms with van der Waals surface area (Å²) in [5.41, 5.74) is 4.25. The molecule has 2 N–H and O–H groups in total. The lowest BCUT2D eigenvalue weighted by atomic mass is 10.1. The van der Waals surface area contributed by atoms with E-state index in [1.54, 1.807) is 72.8 Å². The van der Waals surface area contributed by atoms with Gasteiger partial charge in [-0.1, -0.05) is 29.3 Å². The number of amides is 2. The van der Waals surface area contributed by atoms with Crippen LogP contribution in [0.4, 0.5) is 5.69 Å². The number of hydrogen-bond acceptors (Lipinski definition) is 7. The Labute approximate surface area is 245 Å². The highest BCUT2D eigenvalue weighted by molar-refractivity contribution is 6.31. The molecule has 4 aromatic rings. The number of nitrogens with one attached hydrogen (secondary N) is 2. The van der Waals surface area contributed by atoms with E-state index in [2.05, 4.69) is 15.8 Å². The number of esters is 1. The van der Waals surface area contributed by atoms with Crippen LogP contribution < -0.4 is 25.0 Å². The Morgan fingerprint density at radius 2 is 1.44 bits per heavy atom. The minimum Gasteiger partial charge on any atom is -0.496 e. The lowest BCUT2D eigenvalue weighted by molar-refractivity contribution is 0.0729. The summed E-state index contributed by atoms with van der Waals surface area (Å²) in [5.74, 6) is -0.655. The summed E-state index contributed by atoms with van der Waals surface area (Å²) >= 11 is 11.9. The molecule has 0 radical (unpaired) electrons. The first-order valence-electron chi connectivity index (χ1n) is 12.0. The van der Waals surface area contributed by atoms with Crippen molar-refractivity contribution in [2.45, 2.75) is 0 Å². The molecule has 0 saturated heterocycles. The van der Waals surface area contributed by atoms with E-state index in [4.69, 9.17) is 37.4 Å². The number of carbonyl (C=O) groups is 3. The van der Waals surface area contributed by atoms with Crippen molar-refractivity contribution in [2.24, 2.45) is 5.10 Å². The van der Waals surface area contributed by atoms with Crippen LogP contribution in [0.15, 0.2) is 90.0 Å². The van der Waals surface area contributed by atoms with Crippen LogP contribution in [-0.4, -0.2) is 38.2 Å². The summed E-state index contributed by atoms with van der Waals surface area (Å²) in [6.07, 6.45) is 1.41. The topological polar surface area (TPSA) is 115 Å². The first kappa shape index (κ1) is 29.1. The zero-order chi connectivity index (χ0) is 29.4. The number of rotatable bonds is 9. The van der Waals surface area contributed by atoms with Crippen LogP contribution in [-0.2, 0) is 0 Å². The monoisotopic (exact) mass is 591 g/mol. The van der Waals surface area contributed by atoms with Crippen LogP contribution in [0.2, 0.25) is 10.0 Å². The standard InChI is InChI=1S/C30H23Cl2N3O6/c1-39-25-13-11-22(32)16-24(25)29(37)34-23-5-3-4-20(15-23)28(36)35-33-17-18-6-12-26(27(14-18)40-2)41-30(38)19-7-9-21(31)10-8-19/h3-17H,1-2H3,(H,34,37)(H,35,36). The Balaban J connectivity index is 1.39. The molecule has 4 aromatic carbocycles. The van der Waals surface area contributed by atoms with Gasteiger partial charge in [-0.2, -0.15) is 5.10 Å². The largest absolute Gasteiger partial charge is 0.496 e. The normalized spacial score (nSPS) is 10.6. The van der Waals surface area contributed by atoms with Crippen molar-refractivity contribution in [2.75, 3.05) is 19.5 Å². The lowest BCUT2D eigenvalue weighted by Gasteiger charge is -2.10. The molecule has 0 heterocycles. The average Bonchev–Trinajstić information content (AvgIpc) is 2.98. The third kappa shape index (κ3) is 7.63. The predicted molar refractivity (Wildman–Crippen MR) is 157 cm³/mol. The van der Waals surface area contributed by atoms with Gasteiger partial charge < -0.3 is 19.5 Å². The Morgan fingerprint density at radius 3 is 2.17 bits per heavy atom. The minimum absolute atomic E-state index is 0.211. The number of carbonyl (C=O) groups excluding carboxylic acids is 3. The summed E-state index contributed by atoms with van der Waals surface area (Å²) in [6.45, 7) is 0. The second kappa shape index (κ2) is 13.5. The molecule has 0 spiro atoms. The zero-order valence-electron chi connectivity index (χ0n) is 21.8. The number of hydrazone groups is 1. The first-order chi connectivity index (χ1) is 19.8. The summed E-state index contributed by atoms with van der Waals surface area (Å²) in [4.78, 5) is 37.9. The number of nitrogens with zero attached hydrogens (tertiary/aromatic N) is 1. The Bertz CT molecular complexity index is 1620. The molecular weight excluding hydrogens is 569 g/mol. The number of anilines is 1. The molecule has 0 unspecified atom stereocenters. The summed E-state index contributed by atoms with van der Waals surface area (Å²) in [6, 6.07) is 22.1. The van der Waals surface area contributed by atoms with Crippen LogP contribution in [0.25, 0.3) is 0 Å². The molecular formula is C30H23Cl2N3O6. The highest BCUT2D eigenvalue weighted by Gasteiger charge is 2.15. The van der Waals surface area contributed by atoms with Crippen molar-refractivity contribution in [1.29, 1.82) is 0 Å². The van der Waals surface area contributed by atoms with Gasteiger partial charge in [0.15, 0.2) is 11.5 Å². The van der Waals surface area contributed by atoms with E-state index < -0.39 is 17.8 Å². The number of hydrogen-bond donors (Lipinski definition) is 2. The van der Waals surface area contributed by atoms with E-state index in [9.17, 15) is 14.4 Å². The summed E-state index contributed by atoms with van der Waals surface area (Å²) in [5, 5.41) is 7.61. The number of halogens is 2. The SMILES string of the molecule is COc1cc(C=NNC(=O)c2cccc(NC(=O)c3cc(Cl)ccc3OC)c2)ccc1OC(=O)c1ccc(Cl)cc1. The van der Waals surface area contributed by atoms with E-state index in [0.29, 0.717) is 38.4 Å². The van der Waals surface area contributed by atoms with E-state index in [0.717, 1.165) is 0 Å². The molecule has 2 amide bonds. The second-order valence-corrected chi connectivity index (χ2v) is 9.26. The van der Waals surface area contributed by atoms with Crippen LogP contribution in [0.1, 0.15) is 36.6 Å². The minimum atomic E-state index is -0.571. The van der Waals surface area contributed by atoms with Crippen molar-refractivity contribution in [3.8, 4) is 17.2 Å². The van der Waals surface area contributed by atoms with Gasteiger partial charge in [-0.15, -0.1) is 0 Å². The fourth-order valence-electron chi connectivity index (χ4n) is 3.62. The van der Waals surface area contributed by atoms with Crippen LogP contribution in [0, 0.1) is 0 Å². The molecule has 0 fully saturated rings. The maximum atomic E-state index is 12.8. The highest BCUT2D eigenvalue weighted by atomic mass is 35.5. The van der Waals surface area contributed by atoms with Gasteiger partial charge in [0, 0.05) is 21.3 Å².